The van der Waals surface area contributed by atoms with E-state index in [2.05, 4.69) is 15.9 Å². The summed E-state index contributed by atoms with van der Waals surface area (Å²) in [6.07, 6.45) is -4.45. The minimum atomic E-state index is -4.45. The molecule has 0 atom stereocenters. The molecule has 0 aliphatic heterocycles. The first kappa shape index (κ1) is 11.2. The first-order chi connectivity index (χ1) is 6.45. The van der Waals surface area contributed by atoms with Gasteiger partial charge in [0, 0.05) is 5.69 Å². The van der Waals surface area contributed by atoms with Crippen molar-refractivity contribution in [1.82, 2.24) is 0 Å². The van der Waals surface area contributed by atoms with Crippen LogP contribution in [0.2, 0.25) is 0 Å². The van der Waals surface area contributed by atoms with E-state index < -0.39 is 11.7 Å². The molecule has 0 saturated carbocycles. The molecule has 6 heteroatoms. The average molecular weight is 270 g/mol. The highest BCUT2D eigenvalue weighted by Crippen LogP contribution is 2.35. The molecule has 1 rings (SSSR count). The molecule has 0 aliphatic rings. The van der Waals surface area contributed by atoms with Crippen LogP contribution in [0.4, 0.5) is 18.9 Å². The molecule has 0 fully saturated rings. The predicted octanol–water partition coefficient (Wildman–Crippen LogP) is 3.02. The summed E-state index contributed by atoms with van der Waals surface area (Å²) in [4.78, 5) is 0. The zero-order valence-corrected chi connectivity index (χ0v) is 8.52. The van der Waals surface area contributed by atoms with Gasteiger partial charge in [0.25, 0.3) is 0 Å². The maximum Gasteiger partial charge on any atom is 0.418 e. The first-order valence-electron chi connectivity index (χ1n) is 3.60. The van der Waals surface area contributed by atoms with Crippen LogP contribution >= 0.6 is 15.9 Å². The summed E-state index contributed by atoms with van der Waals surface area (Å²) < 4.78 is 41.8. The number of ether oxygens (including phenoxy) is 1. The molecule has 0 spiro atoms. The van der Waals surface area contributed by atoms with Gasteiger partial charge in [-0.15, -0.1) is 0 Å². The maximum absolute atomic E-state index is 12.3. The number of anilines is 1. The van der Waals surface area contributed by atoms with E-state index in [9.17, 15) is 13.2 Å². The van der Waals surface area contributed by atoms with Crippen molar-refractivity contribution in [3.8, 4) is 5.75 Å². The average Bonchev–Trinajstić information content (AvgIpc) is 2.07. The summed E-state index contributed by atoms with van der Waals surface area (Å²) in [5.74, 6) is 0.128. The lowest BCUT2D eigenvalue weighted by atomic mass is 10.1. The molecule has 0 heterocycles. The van der Waals surface area contributed by atoms with Gasteiger partial charge in [0.2, 0.25) is 0 Å². The maximum atomic E-state index is 12.3. The van der Waals surface area contributed by atoms with Crippen molar-refractivity contribution in [1.29, 1.82) is 0 Å². The lowest BCUT2D eigenvalue weighted by Gasteiger charge is -2.11. The summed E-state index contributed by atoms with van der Waals surface area (Å²) >= 11 is 2.94. The third-order valence-electron chi connectivity index (χ3n) is 1.55. The molecule has 0 saturated heterocycles. The molecule has 2 N–H and O–H groups in total. The topological polar surface area (TPSA) is 35.2 Å². The zero-order valence-electron chi connectivity index (χ0n) is 6.94. The van der Waals surface area contributed by atoms with E-state index in [0.29, 0.717) is 0 Å². The number of benzene rings is 1. The Hall–Kier alpha value is -0.910. The summed E-state index contributed by atoms with van der Waals surface area (Å²) in [5.41, 5.74) is 4.13. The van der Waals surface area contributed by atoms with Crippen LogP contribution in [0.1, 0.15) is 5.56 Å². The van der Waals surface area contributed by atoms with Crippen LogP contribution in [0.3, 0.4) is 0 Å². The zero-order chi connectivity index (χ0) is 10.8. The lowest BCUT2D eigenvalue weighted by Crippen LogP contribution is -2.09. The van der Waals surface area contributed by atoms with Crippen molar-refractivity contribution in [2.45, 2.75) is 6.18 Å². The Balaban J connectivity index is 3.09. The minimum absolute atomic E-state index is 0.128. The standard InChI is InChI=1S/C8H7BrF3NO/c9-4-14-5-1-2-7(13)6(3-5)8(10,11)12/h1-3H,4,13H2. The van der Waals surface area contributed by atoms with Crippen LogP contribution in [0.15, 0.2) is 18.2 Å². The van der Waals surface area contributed by atoms with Gasteiger partial charge in [0.05, 0.1) is 5.56 Å². The van der Waals surface area contributed by atoms with Gasteiger partial charge in [-0.25, -0.2) is 0 Å². The van der Waals surface area contributed by atoms with E-state index in [-0.39, 0.29) is 17.0 Å². The third kappa shape index (κ3) is 2.54. The van der Waals surface area contributed by atoms with Crippen molar-refractivity contribution in [3.63, 3.8) is 0 Å². The normalized spacial score (nSPS) is 11.4. The Labute approximate surface area is 87.0 Å². The number of hydrogen-bond acceptors (Lipinski definition) is 2. The predicted molar refractivity (Wildman–Crippen MR) is 50.3 cm³/mol. The van der Waals surface area contributed by atoms with Crippen LogP contribution in [-0.4, -0.2) is 5.52 Å². The van der Waals surface area contributed by atoms with Crippen LogP contribution in [-0.2, 0) is 6.18 Å². The van der Waals surface area contributed by atoms with Gasteiger partial charge in [-0.1, -0.05) is 0 Å². The largest absolute Gasteiger partial charge is 0.482 e. The number of nitrogen functional groups attached to an aromatic ring is 1. The molecule has 0 unspecified atom stereocenters. The quantitative estimate of drug-likeness (QED) is 0.662. The van der Waals surface area contributed by atoms with Gasteiger partial charge >= 0.3 is 6.18 Å². The number of nitrogens with two attached hydrogens (primary N) is 1. The first-order valence-corrected chi connectivity index (χ1v) is 4.73. The fourth-order valence-corrected chi connectivity index (χ4v) is 1.20. The number of rotatable bonds is 2. The van der Waals surface area contributed by atoms with Crippen molar-refractivity contribution in [3.05, 3.63) is 23.8 Å². The van der Waals surface area contributed by atoms with Crippen molar-refractivity contribution < 1.29 is 17.9 Å². The molecule has 14 heavy (non-hydrogen) atoms. The summed E-state index contributed by atoms with van der Waals surface area (Å²) in [5, 5.41) is 0. The van der Waals surface area contributed by atoms with E-state index in [4.69, 9.17) is 10.5 Å². The number of hydrogen-bond donors (Lipinski definition) is 1. The van der Waals surface area contributed by atoms with E-state index in [1.165, 1.54) is 12.1 Å². The smallest absolute Gasteiger partial charge is 0.418 e. The van der Waals surface area contributed by atoms with Crippen molar-refractivity contribution >= 4 is 21.6 Å². The monoisotopic (exact) mass is 269 g/mol. The van der Waals surface area contributed by atoms with Gasteiger partial charge in [-0.05, 0) is 34.1 Å². The molecule has 2 nitrogen and oxygen atoms in total. The van der Waals surface area contributed by atoms with Gasteiger partial charge in [-0.2, -0.15) is 13.2 Å². The molecule has 0 aromatic heterocycles. The Kier molecular flexibility index (Phi) is 3.25. The van der Waals surface area contributed by atoms with Crippen LogP contribution in [0.5, 0.6) is 5.75 Å². The van der Waals surface area contributed by atoms with Crippen LogP contribution < -0.4 is 10.5 Å². The van der Waals surface area contributed by atoms with Crippen LogP contribution in [0.25, 0.3) is 0 Å². The fraction of sp³-hybridized carbons (Fsp3) is 0.250. The molecule has 0 radical (unpaired) electrons. The van der Waals surface area contributed by atoms with Crippen LogP contribution in [0, 0.1) is 0 Å². The van der Waals surface area contributed by atoms with Gasteiger partial charge in [0.15, 0.2) is 0 Å². The molecule has 78 valence electrons. The Morgan fingerprint density at radius 2 is 2.00 bits per heavy atom. The summed E-state index contributed by atoms with van der Waals surface area (Å²) in [7, 11) is 0. The molecule has 0 amide bonds. The summed E-state index contributed by atoms with van der Waals surface area (Å²) in [6.45, 7) is 0. The number of halogens is 4. The van der Waals surface area contributed by atoms with E-state index in [1.54, 1.807) is 0 Å². The second kappa shape index (κ2) is 4.08. The van der Waals surface area contributed by atoms with E-state index in [1.807, 2.05) is 0 Å². The van der Waals surface area contributed by atoms with Crippen molar-refractivity contribution in [2.24, 2.45) is 0 Å². The second-order valence-electron chi connectivity index (χ2n) is 2.50. The third-order valence-corrected chi connectivity index (χ3v) is 1.78. The van der Waals surface area contributed by atoms with E-state index >= 15 is 0 Å². The highest BCUT2D eigenvalue weighted by atomic mass is 79.9. The highest BCUT2D eigenvalue weighted by molar-refractivity contribution is 9.09. The van der Waals surface area contributed by atoms with Gasteiger partial charge in [-0.3, -0.25) is 0 Å². The minimum Gasteiger partial charge on any atom is -0.482 e. The molecular weight excluding hydrogens is 263 g/mol. The molecule has 1 aromatic rings. The van der Waals surface area contributed by atoms with Gasteiger partial charge in [0.1, 0.15) is 11.3 Å². The lowest BCUT2D eigenvalue weighted by molar-refractivity contribution is -0.137. The van der Waals surface area contributed by atoms with Gasteiger partial charge < -0.3 is 10.5 Å². The molecule has 0 aliphatic carbocycles. The Morgan fingerprint density at radius 3 is 2.50 bits per heavy atom. The number of alkyl halides is 4. The highest BCUT2D eigenvalue weighted by Gasteiger charge is 2.33. The fourth-order valence-electron chi connectivity index (χ4n) is 0.934. The SMILES string of the molecule is Nc1ccc(OCBr)cc1C(F)(F)F. The Morgan fingerprint density at radius 1 is 1.36 bits per heavy atom. The molecular formula is C8H7BrF3NO. The van der Waals surface area contributed by atoms with E-state index in [0.717, 1.165) is 6.07 Å². The molecule has 0 bridgehead atoms. The van der Waals surface area contributed by atoms with Crippen molar-refractivity contribution in [2.75, 3.05) is 11.2 Å². The second-order valence-corrected chi connectivity index (χ2v) is 2.96. The molecule has 1 aromatic carbocycles. The Bertz CT molecular complexity index is 327. The summed E-state index contributed by atoms with van der Waals surface area (Å²) in [6, 6.07) is 3.42.